The van der Waals surface area contributed by atoms with Crippen molar-refractivity contribution in [2.45, 2.75) is 24.4 Å². The molecule has 1 unspecified atom stereocenters. The van der Waals surface area contributed by atoms with Crippen molar-refractivity contribution in [1.82, 2.24) is 14.9 Å². The first-order chi connectivity index (χ1) is 9.60. The highest BCUT2D eigenvalue weighted by Crippen LogP contribution is 2.23. The Morgan fingerprint density at radius 2 is 2.35 bits per heavy atom. The lowest BCUT2D eigenvalue weighted by Gasteiger charge is -2.15. The van der Waals surface area contributed by atoms with Gasteiger partial charge in [-0.25, -0.2) is 4.98 Å². The number of nitrogens with one attached hydrogen (secondary N) is 1. The highest BCUT2D eigenvalue weighted by molar-refractivity contribution is 7.98. The minimum Gasteiger partial charge on any atom is -0.348 e. The predicted octanol–water partition coefficient (Wildman–Crippen LogP) is 3.08. The van der Waals surface area contributed by atoms with E-state index in [-0.39, 0.29) is 11.9 Å². The van der Waals surface area contributed by atoms with Crippen molar-refractivity contribution >= 4 is 29.3 Å². The Morgan fingerprint density at radius 1 is 1.55 bits per heavy atom. The molecule has 1 heterocycles. The molecule has 0 saturated heterocycles. The van der Waals surface area contributed by atoms with E-state index in [4.69, 9.17) is 11.6 Å². The Hall–Kier alpha value is -1.46. The lowest BCUT2D eigenvalue weighted by atomic mass is 10.2. The summed E-state index contributed by atoms with van der Waals surface area (Å²) in [5.74, 6) is -0.154. The van der Waals surface area contributed by atoms with Gasteiger partial charge < -0.3 is 9.88 Å². The molecule has 0 radical (unpaired) electrons. The number of hydrogen-bond acceptors (Lipinski definition) is 3. The minimum absolute atomic E-state index is 0.00861. The van der Waals surface area contributed by atoms with Crippen LogP contribution in [0.15, 0.2) is 41.8 Å². The summed E-state index contributed by atoms with van der Waals surface area (Å²) in [6.07, 6.45) is 7.27. The van der Waals surface area contributed by atoms with Gasteiger partial charge in [-0.2, -0.15) is 0 Å². The number of nitrogens with zero attached hydrogens (tertiary/aromatic N) is 2. The maximum absolute atomic E-state index is 12.2. The highest BCUT2D eigenvalue weighted by atomic mass is 35.5. The number of thioether (sulfide) groups is 1. The SMILES string of the molecule is CSc1ccc(Cl)c(C(=O)NC(C)Cn2ccnc2)c1. The Balaban J connectivity index is 2.04. The smallest absolute Gasteiger partial charge is 0.253 e. The van der Waals surface area contributed by atoms with E-state index >= 15 is 0 Å². The van der Waals surface area contributed by atoms with E-state index in [9.17, 15) is 4.79 Å². The van der Waals surface area contributed by atoms with Gasteiger partial charge in [-0.15, -0.1) is 11.8 Å². The molecule has 1 amide bonds. The lowest BCUT2D eigenvalue weighted by Crippen LogP contribution is -2.35. The van der Waals surface area contributed by atoms with Crippen molar-refractivity contribution < 1.29 is 4.79 Å². The summed E-state index contributed by atoms with van der Waals surface area (Å²) in [5, 5.41) is 3.41. The molecule has 106 valence electrons. The van der Waals surface area contributed by atoms with Crippen LogP contribution in [0.5, 0.6) is 0 Å². The molecule has 2 aromatic rings. The summed E-state index contributed by atoms with van der Waals surface area (Å²) in [6, 6.07) is 5.46. The molecule has 0 aliphatic carbocycles. The summed E-state index contributed by atoms with van der Waals surface area (Å²) < 4.78 is 1.92. The molecule has 1 aromatic heterocycles. The van der Waals surface area contributed by atoms with Crippen molar-refractivity contribution in [3.8, 4) is 0 Å². The van der Waals surface area contributed by atoms with Crippen LogP contribution in [-0.2, 0) is 6.54 Å². The monoisotopic (exact) mass is 309 g/mol. The van der Waals surface area contributed by atoms with Crippen LogP contribution in [-0.4, -0.2) is 27.8 Å². The summed E-state index contributed by atoms with van der Waals surface area (Å²) in [6.45, 7) is 2.62. The minimum atomic E-state index is -0.154. The van der Waals surface area contributed by atoms with E-state index < -0.39 is 0 Å². The second kappa shape index (κ2) is 6.81. The topological polar surface area (TPSA) is 46.9 Å². The van der Waals surface area contributed by atoms with Crippen LogP contribution >= 0.6 is 23.4 Å². The molecule has 1 N–H and O–H groups in total. The fourth-order valence-corrected chi connectivity index (χ4v) is 2.51. The van der Waals surface area contributed by atoms with Crippen LogP contribution in [0.4, 0.5) is 0 Å². The number of benzene rings is 1. The van der Waals surface area contributed by atoms with Crippen molar-refractivity contribution in [2.24, 2.45) is 0 Å². The van der Waals surface area contributed by atoms with Gasteiger partial charge in [-0.05, 0) is 31.4 Å². The highest BCUT2D eigenvalue weighted by Gasteiger charge is 2.14. The lowest BCUT2D eigenvalue weighted by molar-refractivity contribution is 0.0936. The van der Waals surface area contributed by atoms with Gasteiger partial charge in [0.2, 0.25) is 0 Å². The van der Waals surface area contributed by atoms with Crippen LogP contribution in [0.1, 0.15) is 17.3 Å². The molecule has 0 fully saturated rings. The van der Waals surface area contributed by atoms with E-state index in [1.54, 1.807) is 30.4 Å². The van der Waals surface area contributed by atoms with Gasteiger partial charge in [-0.1, -0.05) is 11.6 Å². The van der Waals surface area contributed by atoms with Crippen LogP contribution in [0.25, 0.3) is 0 Å². The quantitative estimate of drug-likeness (QED) is 0.863. The van der Waals surface area contributed by atoms with Crippen LogP contribution < -0.4 is 5.32 Å². The fourth-order valence-electron chi connectivity index (χ4n) is 1.86. The summed E-state index contributed by atoms with van der Waals surface area (Å²) in [5.41, 5.74) is 0.510. The van der Waals surface area contributed by atoms with Crippen molar-refractivity contribution in [2.75, 3.05) is 6.26 Å². The third-order valence-corrected chi connectivity index (χ3v) is 3.89. The van der Waals surface area contributed by atoms with Crippen LogP contribution in [0.3, 0.4) is 0 Å². The van der Waals surface area contributed by atoms with Crippen molar-refractivity contribution in [1.29, 1.82) is 0 Å². The first kappa shape index (κ1) is 14.9. The Labute approximate surface area is 127 Å². The molecule has 0 bridgehead atoms. The first-order valence-corrected chi connectivity index (χ1v) is 7.80. The zero-order chi connectivity index (χ0) is 14.5. The maximum atomic E-state index is 12.2. The Morgan fingerprint density at radius 3 is 3.00 bits per heavy atom. The van der Waals surface area contributed by atoms with Crippen molar-refractivity contribution in [3.63, 3.8) is 0 Å². The summed E-state index contributed by atoms with van der Waals surface area (Å²) >= 11 is 7.67. The molecular formula is C14H16ClN3OS. The number of rotatable bonds is 5. The molecule has 1 aromatic carbocycles. The van der Waals surface area contributed by atoms with E-state index in [2.05, 4.69) is 10.3 Å². The normalized spacial score (nSPS) is 12.2. The molecule has 2 rings (SSSR count). The zero-order valence-corrected chi connectivity index (χ0v) is 12.9. The van der Waals surface area contributed by atoms with Crippen LogP contribution in [0.2, 0.25) is 5.02 Å². The number of carbonyl (C=O) groups is 1. The van der Waals surface area contributed by atoms with Gasteiger partial charge in [0, 0.05) is 29.9 Å². The molecule has 0 aliphatic heterocycles. The molecule has 20 heavy (non-hydrogen) atoms. The Kier molecular flexibility index (Phi) is 5.09. The van der Waals surface area contributed by atoms with Gasteiger partial charge in [0.1, 0.15) is 0 Å². The van der Waals surface area contributed by atoms with Gasteiger partial charge >= 0.3 is 0 Å². The molecule has 6 heteroatoms. The number of hydrogen-bond donors (Lipinski definition) is 1. The number of imidazole rings is 1. The molecule has 0 aliphatic rings. The van der Waals surface area contributed by atoms with Gasteiger partial charge in [0.05, 0.1) is 16.9 Å². The van der Waals surface area contributed by atoms with E-state index in [0.717, 1.165) is 4.90 Å². The zero-order valence-electron chi connectivity index (χ0n) is 11.3. The van der Waals surface area contributed by atoms with Gasteiger partial charge in [0.25, 0.3) is 5.91 Å². The maximum Gasteiger partial charge on any atom is 0.253 e. The van der Waals surface area contributed by atoms with E-state index in [1.807, 2.05) is 36.1 Å². The number of aromatic nitrogens is 2. The average molecular weight is 310 g/mol. The molecule has 4 nitrogen and oxygen atoms in total. The average Bonchev–Trinajstić information content (AvgIpc) is 2.91. The molecule has 1 atom stereocenters. The van der Waals surface area contributed by atoms with Crippen LogP contribution in [0, 0.1) is 0 Å². The second-order valence-corrected chi connectivity index (χ2v) is 5.77. The molecule has 0 saturated carbocycles. The number of halogens is 1. The summed E-state index contributed by atoms with van der Waals surface area (Å²) in [7, 11) is 0. The second-order valence-electron chi connectivity index (χ2n) is 4.48. The number of amides is 1. The first-order valence-electron chi connectivity index (χ1n) is 6.20. The molecular weight excluding hydrogens is 294 g/mol. The third-order valence-electron chi connectivity index (χ3n) is 2.84. The fraction of sp³-hybridized carbons (Fsp3) is 0.286. The number of carbonyl (C=O) groups excluding carboxylic acids is 1. The standard InChI is InChI=1S/C14H16ClN3OS/c1-10(8-18-6-5-16-9-18)17-14(19)12-7-11(20-2)3-4-13(12)15/h3-7,9-10H,8H2,1-2H3,(H,17,19). The van der Waals surface area contributed by atoms with E-state index in [1.165, 1.54) is 0 Å². The summed E-state index contributed by atoms with van der Waals surface area (Å²) in [4.78, 5) is 17.2. The molecule has 0 spiro atoms. The largest absolute Gasteiger partial charge is 0.348 e. The van der Waals surface area contributed by atoms with E-state index in [0.29, 0.717) is 17.1 Å². The predicted molar refractivity (Wildman–Crippen MR) is 82.4 cm³/mol. The van der Waals surface area contributed by atoms with Crippen molar-refractivity contribution in [3.05, 3.63) is 47.5 Å². The van der Waals surface area contributed by atoms with Gasteiger partial charge in [-0.3, -0.25) is 4.79 Å². The Bertz CT molecular complexity index is 586. The third kappa shape index (κ3) is 3.77. The van der Waals surface area contributed by atoms with Gasteiger partial charge in [0.15, 0.2) is 0 Å².